The van der Waals surface area contributed by atoms with E-state index in [0.717, 1.165) is 49.9 Å². The van der Waals surface area contributed by atoms with Gasteiger partial charge in [-0.25, -0.2) is 4.98 Å². The topological polar surface area (TPSA) is 38.9 Å². The Kier molecular flexibility index (Phi) is 7.14. The highest BCUT2D eigenvalue weighted by molar-refractivity contribution is 6.10. The average Bonchev–Trinajstić information content (AvgIpc) is 3.57. The van der Waals surface area contributed by atoms with Crippen molar-refractivity contribution in [1.29, 1.82) is 0 Å². The van der Waals surface area contributed by atoms with Crippen LogP contribution in [0.5, 0.6) is 0 Å². The van der Waals surface area contributed by atoms with E-state index >= 15 is 0 Å². The second kappa shape index (κ2) is 12.2. The third-order valence-corrected chi connectivity index (χ3v) is 9.15. The Bertz CT molecular complexity index is 2570. The minimum absolute atomic E-state index is 0.584. The molecular formula is C46H30N2O. The van der Waals surface area contributed by atoms with E-state index in [0.29, 0.717) is 11.5 Å². The van der Waals surface area contributed by atoms with Crippen molar-refractivity contribution in [1.82, 2.24) is 9.97 Å². The third-order valence-electron chi connectivity index (χ3n) is 9.15. The first-order valence-corrected chi connectivity index (χ1v) is 16.5. The van der Waals surface area contributed by atoms with Crippen molar-refractivity contribution in [2.75, 3.05) is 0 Å². The predicted molar refractivity (Wildman–Crippen MR) is 202 cm³/mol. The summed E-state index contributed by atoms with van der Waals surface area (Å²) in [4.78, 5) is 10.2. The van der Waals surface area contributed by atoms with Gasteiger partial charge in [0.1, 0.15) is 5.58 Å². The lowest BCUT2D eigenvalue weighted by atomic mass is 9.96. The molecule has 0 atom stereocenters. The van der Waals surface area contributed by atoms with Gasteiger partial charge in [-0.15, -0.1) is 0 Å². The molecule has 0 saturated carbocycles. The van der Waals surface area contributed by atoms with Gasteiger partial charge in [0.05, 0.1) is 11.1 Å². The molecule has 0 aliphatic heterocycles. The molecule has 9 rings (SSSR count). The molecule has 3 nitrogen and oxygen atoms in total. The number of furan rings is 1. The number of hydrogen-bond acceptors (Lipinski definition) is 3. The Morgan fingerprint density at radius 3 is 1.37 bits per heavy atom. The van der Waals surface area contributed by atoms with Crippen LogP contribution in [0.1, 0.15) is 0 Å². The Balaban J connectivity index is 1.09. The molecule has 0 bridgehead atoms. The molecule has 0 saturated heterocycles. The number of para-hydroxylation sites is 1. The van der Waals surface area contributed by atoms with Gasteiger partial charge in [-0.05, 0) is 62.7 Å². The Labute approximate surface area is 284 Å². The Hall–Kier alpha value is -6.58. The molecule has 2 heterocycles. The van der Waals surface area contributed by atoms with E-state index in [1.807, 2.05) is 30.3 Å². The minimum Gasteiger partial charge on any atom is -0.438 e. The number of aromatic nitrogens is 2. The van der Waals surface area contributed by atoms with Crippen molar-refractivity contribution in [3.05, 3.63) is 182 Å². The van der Waals surface area contributed by atoms with Crippen molar-refractivity contribution >= 4 is 22.1 Å². The fourth-order valence-corrected chi connectivity index (χ4v) is 6.61. The number of benzene rings is 7. The van der Waals surface area contributed by atoms with E-state index in [2.05, 4.69) is 152 Å². The summed E-state index contributed by atoms with van der Waals surface area (Å²) in [5, 5.41) is 1.93. The average molecular weight is 627 g/mol. The van der Waals surface area contributed by atoms with Gasteiger partial charge >= 0.3 is 0 Å². The molecule has 0 aliphatic rings. The maximum absolute atomic E-state index is 6.33. The second-order valence-corrected chi connectivity index (χ2v) is 12.2. The summed E-state index contributed by atoms with van der Waals surface area (Å²) in [5.74, 6) is 0.630. The molecule has 3 heteroatoms. The van der Waals surface area contributed by atoms with Crippen molar-refractivity contribution in [2.24, 2.45) is 0 Å². The van der Waals surface area contributed by atoms with Crippen LogP contribution in [0, 0.1) is 0 Å². The lowest BCUT2D eigenvalue weighted by Crippen LogP contribution is -1.94. The largest absolute Gasteiger partial charge is 0.438 e. The minimum atomic E-state index is 0.584. The molecule has 230 valence electrons. The van der Waals surface area contributed by atoms with Gasteiger partial charge in [0.25, 0.3) is 0 Å². The van der Waals surface area contributed by atoms with Gasteiger partial charge in [0, 0.05) is 16.5 Å². The molecule has 2 aromatic heterocycles. The maximum atomic E-state index is 6.33. The first-order chi connectivity index (χ1) is 24.3. The molecule has 9 aromatic rings. The molecule has 0 aliphatic carbocycles. The van der Waals surface area contributed by atoms with Gasteiger partial charge in [-0.2, -0.15) is 4.98 Å². The van der Waals surface area contributed by atoms with E-state index in [-0.39, 0.29) is 0 Å². The van der Waals surface area contributed by atoms with Crippen molar-refractivity contribution in [3.63, 3.8) is 0 Å². The van der Waals surface area contributed by atoms with Gasteiger partial charge in [-0.3, -0.25) is 0 Å². The maximum Gasteiger partial charge on any atom is 0.231 e. The Morgan fingerprint density at radius 2 is 0.755 bits per heavy atom. The first-order valence-electron chi connectivity index (χ1n) is 16.5. The van der Waals surface area contributed by atoms with Gasteiger partial charge in [0.2, 0.25) is 5.71 Å². The molecule has 0 unspecified atom stereocenters. The molecule has 0 spiro atoms. The van der Waals surface area contributed by atoms with Crippen molar-refractivity contribution < 1.29 is 4.42 Å². The van der Waals surface area contributed by atoms with E-state index in [1.54, 1.807) is 0 Å². The molecule has 7 aromatic carbocycles. The summed E-state index contributed by atoms with van der Waals surface area (Å²) in [6, 6.07) is 63.5. The molecule has 49 heavy (non-hydrogen) atoms. The van der Waals surface area contributed by atoms with Gasteiger partial charge in [-0.1, -0.05) is 164 Å². The van der Waals surface area contributed by atoms with E-state index in [4.69, 9.17) is 14.4 Å². The molecule has 0 fully saturated rings. The summed E-state index contributed by atoms with van der Waals surface area (Å²) in [6.45, 7) is 0. The zero-order chi connectivity index (χ0) is 32.6. The monoisotopic (exact) mass is 626 g/mol. The normalized spacial score (nSPS) is 11.3. The summed E-state index contributed by atoms with van der Waals surface area (Å²) in [7, 11) is 0. The first kappa shape index (κ1) is 28.6. The quantitative estimate of drug-likeness (QED) is 0.184. The van der Waals surface area contributed by atoms with Crippen LogP contribution < -0.4 is 0 Å². The lowest BCUT2D eigenvalue weighted by molar-refractivity contribution is 0.653. The van der Waals surface area contributed by atoms with Crippen LogP contribution >= 0.6 is 0 Å². The van der Waals surface area contributed by atoms with Crippen molar-refractivity contribution in [3.8, 4) is 67.2 Å². The van der Waals surface area contributed by atoms with E-state index in [9.17, 15) is 0 Å². The fraction of sp³-hybridized carbons (Fsp3) is 0. The van der Waals surface area contributed by atoms with Crippen LogP contribution in [-0.4, -0.2) is 9.97 Å². The molecule has 0 N–H and O–H groups in total. The van der Waals surface area contributed by atoms with Crippen LogP contribution in [0.3, 0.4) is 0 Å². The second-order valence-electron chi connectivity index (χ2n) is 12.2. The van der Waals surface area contributed by atoms with Crippen LogP contribution in [0.25, 0.3) is 89.2 Å². The van der Waals surface area contributed by atoms with Crippen LogP contribution in [0.4, 0.5) is 0 Å². The van der Waals surface area contributed by atoms with Crippen LogP contribution in [-0.2, 0) is 0 Å². The molecule has 0 radical (unpaired) electrons. The zero-order valence-electron chi connectivity index (χ0n) is 26.6. The highest BCUT2D eigenvalue weighted by Gasteiger charge is 2.18. The Morgan fingerprint density at radius 1 is 0.327 bits per heavy atom. The summed E-state index contributed by atoms with van der Waals surface area (Å²) in [6.07, 6.45) is 0. The number of fused-ring (bicyclic) bond motifs is 3. The van der Waals surface area contributed by atoms with Gasteiger partial charge in [0.15, 0.2) is 5.82 Å². The highest BCUT2D eigenvalue weighted by Crippen LogP contribution is 2.37. The van der Waals surface area contributed by atoms with E-state index in [1.165, 1.54) is 27.8 Å². The van der Waals surface area contributed by atoms with Crippen LogP contribution in [0.2, 0.25) is 0 Å². The summed E-state index contributed by atoms with van der Waals surface area (Å²) < 4.78 is 6.33. The third kappa shape index (κ3) is 5.48. The van der Waals surface area contributed by atoms with Crippen LogP contribution in [0.15, 0.2) is 186 Å². The summed E-state index contributed by atoms with van der Waals surface area (Å²) >= 11 is 0. The highest BCUT2D eigenvalue weighted by atomic mass is 16.3. The fourth-order valence-electron chi connectivity index (χ4n) is 6.61. The predicted octanol–water partition coefficient (Wildman–Crippen LogP) is 12.4. The number of rotatable bonds is 6. The van der Waals surface area contributed by atoms with Crippen molar-refractivity contribution in [2.45, 2.75) is 0 Å². The van der Waals surface area contributed by atoms with E-state index < -0.39 is 0 Å². The standard InChI is InChI=1S/C46H30N2O/c1-3-11-31(12-4-1)33-25-27-36(28-26-33)44-43-41-19-7-8-20-42(41)49-46(43)48-45(47-44)40-18-10-17-39(30-40)35-23-21-34(22-24-35)38-16-9-15-37(29-38)32-13-5-2-6-14-32/h1-30H. The molecule has 0 amide bonds. The number of nitrogens with zero attached hydrogens (tertiary/aromatic N) is 2. The smallest absolute Gasteiger partial charge is 0.231 e. The SMILES string of the molecule is c1ccc(-c2ccc(-c3nc(-c4cccc(-c5ccc(-c6cccc(-c7ccccc7)c6)cc5)c4)nc4oc5ccccc5c34)cc2)cc1. The molecular weight excluding hydrogens is 597 g/mol. The zero-order valence-corrected chi connectivity index (χ0v) is 26.6. The summed E-state index contributed by atoms with van der Waals surface area (Å²) in [5.41, 5.74) is 13.6. The lowest BCUT2D eigenvalue weighted by Gasteiger charge is -2.10. The van der Waals surface area contributed by atoms with Gasteiger partial charge < -0.3 is 4.42 Å². The number of hydrogen-bond donors (Lipinski definition) is 0.